The molecule has 0 saturated carbocycles. The van der Waals surface area contributed by atoms with E-state index < -0.39 is 5.82 Å². The molecule has 1 aliphatic rings. The average Bonchev–Trinajstić information content (AvgIpc) is 3.32. The molecule has 0 radical (unpaired) electrons. The molecule has 0 saturated heterocycles. The number of anilines is 2. The Labute approximate surface area is 219 Å². The summed E-state index contributed by atoms with van der Waals surface area (Å²) in [6, 6.07) is 8.92. The van der Waals surface area contributed by atoms with Crippen molar-refractivity contribution < 1.29 is 13.9 Å². The fourth-order valence-corrected chi connectivity index (χ4v) is 4.35. The normalized spacial score (nSPS) is 15.3. The van der Waals surface area contributed by atoms with E-state index in [1.165, 1.54) is 6.07 Å². The monoisotopic (exact) mass is 516 g/mol. The Hall–Kier alpha value is -4.67. The lowest BCUT2D eigenvalue weighted by Crippen LogP contribution is -2.28. The molecule has 3 aromatic heterocycles. The number of nitrogen functional groups attached to an aromatic ring is 1. The van der Waals surface area contributed by atoms with Crippen LogP contribution in [0.2, 0.25) is 0 Å². The summed E-state index contributed by atoms with van der Waals surface area (Å²) in [6.07, 6.45) is 2.79. The van der Waals surface area contributed by atoms with E-state index in [1.807, 2.05) is 38.1 Å². The molecular weight excluding hydrogens is 487 g/mol. The number of aromatic nitrogens is 4. The number of nitrogens with zero attached hydrogens (tertiary/aromatic N) is 4. The summed E-state index contributed by atoms with van der Waals surface area (Å²) >= 11 is 0. The summed E-state index contributed by atoms with van der Waals surface area (Å²) in [5, 5.41) is 13.8. The predicted octanol–water partition coefficient (Wildman–Crippen LogP) is 3.14. The summed E-state index contributed by atoms with van der Waals surface area (Å²) in [6.45, 7) is 9.12. The molecule has 0 fully saturated rings. The third-order valence-electron chi connectivity index (χ3n) is 6.24. The molecule has 1 amide bonds. The van der Waals surface area contributed by atoms with Gasteiger partial charge >= 0.3 is 0 Å². The standard InChI is InChI=1S/C27H29FN8O2/c1-4-30-22(37)9-17-5-7-18(8-6-17)23-24(29)36-26-21(14-34-36)16(3)31-11-15(2)38-27-19(10-20(28)13-33-27)12-32-25(23)35-26/h5-8,10,13-15,31H,3-4,9,11-12,29H2,1-2H3,(H,30,37)(H,32,35)/t15-/m0/s1. The van der Waals surface area contributed by atoms with Crippen molar-refractivity contribution in [3.05, 3.63) is 71.8 Å². The van der Waals surface area contributed by atoms with Gasteiger partial charge in [-0.1, -0.05) is 30.8 Å². The average molecular weight is 517 g/mol. The molecular formula is C27H29FN8O2. The Kier molecular flexibility index (Phi) is 6.82. The molecule has 1 aromatic carbocycles. The summed E-state index contributed by atoms with van der Waals surface area (Å²) in [5.74, 6) is 0.651. The zero-order valence-electron chi connectivity index (χ0n) is 21.2. The number of carbonyl (C=O) groups excluding carboxylic acids is 1. The maximum atomic E-state index is 14.1. The van der Waals surface area contributed by atoms with Crippen molar-refractivity contribution in [2.45, 2.75) is 32.9 Å². The van der Waals surface area contributed by atoms with Crippen molar-refractivity contribution in [3.63, 3.8) is 0 Å². The molecule has 10 nitrogen and oxygen atoms in total. The number of nitrogens with two attached hydrogens (primary N) is 1. The van der Waals surface area contributed by atoms with Crippen LogP contribution in [0.15, 0.2) is 49.3 Å². The number of halogens is 1. The number of hydrogen-bond donors (Lipinski definition) is 4. The number of benzene rings is 1. The number of rotatable bonds is 4. The largest absolute Gasteiger partial charge is 0.473 e. The number of amides is 1. The van der Waals surface area contributed by atoms with Gasteiger partial charge in [0.1, 0.15) is 23.6 Å². The molecule has 4 aromatic rings. The summed E-state index contributed by atoms with van der Waals surface area (Å²) < 4.78 is 21.7. The lowest BCUT2D eigenvalue weighted by Gasteiger charge is -2.18. The molecule has 1 atom stereocenters. The van der Waals surface area contributed by atoms with Gasteiger partial charge in [-0.2, -0.15) is 9.61 Å². The van der Waals surface area contributed by atoms with Crippen LogP contribution in [0.5, 0.6) is 5.88 Å². The Morgan fingerprint density at radius 1 is 1.29 bits per heavy atom. The van der Waals surface area contributed by atoms with Gasteiger partial charge in [-0.05, 0) is 31.0 Å². The SMILES string of the molecule is C=C1NC[C@H](C)Oc2ncc(F)cc2CNc2nc3c1cnn3c(N)c2-c1ccc(CC(=O)NCC)cc1. The molecule has 0 unspecified atom stereocenters. The van der Waals surface area contributed by atoms with E-state index in [-0.39, 0.29) is 25.0 Å². The number of nitrogens with one attached hydrogen (secondary N) is 3. The first-order valence-electron chi connectivity index (χ1n) is 12.3. The molecule has 4 heterocycles. The quantitative estimate of drug-likeness (QED) is 0.325. The van der Waals surface area contributed by atoms with E-state index in [4.69, 9.17) is 15.5 Å². The van der Waals surface area contributed by atoms with Gasteiger partial charge in [0.2, 0.25) is 11.8 Å². The Morgan fingerprint density at radius 2 is 2.08 bits per heavy atom. The maximum absolute atomic E-state index is 14.1. The summed E-state index contributed by atoms with van der Waals surface area (Å²) in [5.41, 5.74) is 11.3. The van der Waals surface area contributed by atoms with Crippen molar-refractivity contribution in [1.29, 1.82) is 0 Å². The van der Waals surface area contributed by atoms with E-state index in [1.54, 1.807) is 10.7 Å². The van der Waals surface area contributed by atoms with E-state index in [2.05, 4.69) is 32.6 Å². The maximum Gasteiger partial charge on any atom is 0.224 e. The highest BCUT2D eigenvalue weighted by Crippen LogP contribution is 2.35. The third-order valence-corrected chi connectivity index (χ3v) is 6.24. The second kappa shape index (κ2) is 10.4. The van der Waals surface area contributed by atoms with Crippen molar-refractivity contribution in [3.8, 4) is 17.0 Å². The lowest BCUT2D eigenvalue weighted by atomic mass is 10.0. The minimum atomic E-state index is -0.471. The minimum absolute atomic E-state index is 0.0449. The van der Waals surface area contributed by atoms with Crippen molar-refractivity contribution in [2.75, 3.05) is 24.1 Å². The second-order valence-corrected chi connectivity index (χ2v) is 9.10. The summed E-state index contributed by atoms with van der Waals surface area (Å²) in [7, 11) is 0. The van der Waals surface area contributed by atoms with E-state index in [0.29, 0.717) is 58.6 Å². The van der Waals surface area contributed by atoms with E-state index in [9.17, 15) is 9.18 Å². The van der Waals surface area contributed by atoms with E-state index in [0.717, 1.165) is 17.3 Å². The molecule has 0 spiro atoms. The van der Waals surface area contributed by atoms with Crippen LogP contribution in [0.3, 0.4) is 0 Å². The third kappa shape index (κ3) is 4.95. The predicted molar refractivity (Wildman–Crippen MR) is 144 cm³/mol. The van der Waals surface area contributed by atoms with Gasteiger partial charge in [0.25, 0.3) is 0 Å². The highest BCUT2D eigenvalue weighted by atomic mass is 19.1. The van der Waals surface area contributed by atoms with Crippen LogP contribution in [0, 0.1) is 5.82 Å². The first kappa shape index (κ1) is 25.0. The Morgan fingerprint density at radius 3 is 2.84 bits per heavy atom. The van der Waals surface area contributed by atoms with Crippen molar-refractivity contribution in [1.82, 2.24) is 30.2 Å². The molecule has 5 rings (SSSR count). The highest BCUT2D eigenvalue weighted by Gasteiger charge is 2.21. The van der Waals surface area contributed by atoms with Gasteiger partial charge in [-0.15, -0.1) is 0 Å². The first-order chi connectivity index (χ1) is 18.3. The topological polar surface area (TPSA) is 131 Å². The molecule has 2 bridgehead atoms. The first-order valence-corrected chi connectivity index (χ1v) is 12.3. The fraction of sp³-hybridized carbons (Fsp3) is 0.259. The highest BCUT2D eigenvalue weighted by molar-refractivity contribution is 5.88. The van der Waals surface area contributed by atoms with Gasteiger partial charge in [0.15, 0.2) is 5.65 Å². The molecule has 5 N–H and O–H groups in total. The van der Waals surface area contributed by atoms with Gasteiger partial charge in [-0.3, -0.25) is 4.79 Å². The zero-order valence-corrected chi connectivity index (χ0v) is 21.2. The number of hydrogen-bond acceptors (Lipinski definition) is 8. The van der Waals surface area contributed by atoms with Crippen LogP contribution in [-0.2, 0) is 17.8 Å². The van der Waals surface area contributed by atoms with Crippen LogP contribution < -0.4 is 26.4 Å². The number of ether oxygens (including phenoxy) is 1. The molecule has 196 valence electrons. The number of carbonyl (C=O) groups is 1. The van der Waals surface area contributed by atoms with Crippen LogP contribution >= 0.6 is 0 Å². The van der Waals surface area contributed by atoms with Gasteiger partial charge in [0, 0.05) is 24.4 Å². The van der Waals surface area contributed by atoms with Crippen molar-refractivity contribution >= 4 is 28.9 Å². The molecule has 1 aliphatic heterocycles. The lowest BCUT2D eigenvalue weighted by molar-refractivity contribution is -0.120. The number of likely N-dealkylation sites (N-methyl/N-ethyl adjacent to an activating group) is 1. The second-order valence-electron chi connectivity index (χ2n) is 9.10. The van der Waals surface area contributed by atoms with Gasteiger partial charge < -0.3 is 26.4 Å². The smallest absolute Gasteiger partial charge is 0.224 e. The van der Waals surface area contributed by atoms with Crippen LogP contribution in [-0.4, -0.2) is 44.7 Å². The summed E-state index contributed by atoms with van der Waals surface area (Å²) in [4.78, 5) is 21.0. The van der Waals surface area contributed by atoms with E-state index >= 15 is 0 Å². The number of pyridine rings is 1. The Balaban J connectivity index is 1.61. The minimum Gasteiger partial charge on any atom is -0.473 e. The molecule has 38 heavy (non-hydrogen) atoms. The molecule has 11 heteroatoms. The zero-order chi connectivity index (χ0) is 26.8. The molecule has 0 aliphatic carbocycles. The van der Waals surface area contributed by atoms with Crippen LogP contribution in [0.4, 0.5) is 16.0 Å². The Bertz CT molecular complexity index is 1520. The van der Waals surface area contributed by atoms with Crippen molar-refractivity contribution in [2.24, 2.45) is 0 Å². The van der Waals surface area contributed by atoms with Gasteiger partial charge in [0.05, 0.1) is 36.5 Å². The van der Waals surface area contributed by atoms with Crippen LogP contribution in [0.25, 0.3) is 22.5 Å². The van der Waals surface area contributed by atoms with Gasteiger partial charge in [-0.25, -0.2) is 14.4 Å². The van der Waals surface area contributed by atoms with Crippen LogP contribution in [0.1, 0.15) is 30.5 Å². The number of fused-ring (bicyclic) bond motifs is 2. The fourth-order valence-electron chi connectivity index (χ4n) is 4.35.